The Labute approximate surface area is 78.4 Å². The van der Waals surface area contributed by atoms with Crippen molar-refractivity contribution in [3.05, 3.63) is 23.0 Å². The quantitative estimate of drug-likeness (QED) is 0.603. The maximum atomic E-state index is 4.15. The van der Waals surface area contributed by atoms with Crippen molar-refractivity contribution in [1.82, 2.24) is 10.2 Å². The van der Waals surface area contributed by atoms with Gasteiger partial charge in [0, 0.05) is 0 Å². The number of fused-ring (bicyclic) bond motifs is 5. The van der Waals surface area contributed by atoms with Crippen LogP contribution in [0.25, 0.3) is 0 Å². The van der Waals surface area contributed by atoms with Crippen molar-refractivity contribution in [2.24, 2.45) is 5.92 Å². The molecule has 1 heterocycles. The number of aromatic nitrogens is 2. The highest BCUT2D eigenvalue weighted by Crippen LogP contribution is 2.56. The van der Waals surface area contributed by atoms with Gasteiger partial charge in [-0.05, 0) is 48.6 Å². The fraction of sp³-hybridized carbons (Fsp3) is 0.636. The first-order chi connectivity index (χ1) is 6.27. The van der Waals surface area contributed by atoms with Crippen LogP contribution in [0, 0.1) is 12.8 Å². The molecule has 3 atom stereocenters. The van der Waals surface area contributed by atoms with E-state index in [4.69, 9.17) is 0 Å². The molecule has 1 aromatic rings. The maximum absolute atomic E-state index is 4.15. The lowest BCUT2D eigenvalue weighted by molar-refractivity contribution is 0.508. The van der Waals surface area contributed by atoms with Crippen LogP contribution in [-0.4, -0.2) is 10.2 Å². The minimum absolute atomic E-state index is 0.787. The Morgan fingerprint density at radius 3 is 3.08 bits per heavy atom. The lowest BCUT2D eigenvalue weighted by atomic mass is 9.85. The molecule has 1 fully saturated rings. The SMILES string of the molecule is Cc1nncc2c1C1CC2CC1C. The second-order valence-electron chi connectivity index (χ2n) is 4.55. The van der Waals surface area contributed by atoms with E-state index in [1.807, 2.05) is 6.20 Å². The summed E-state index contributed by atoms with van der Waals surface area (Å²) in [6, 6.07) is 0. The molecular formula is C11H14N2. The van der Waals surface area contributed by atoms with Crippen molar-refractivity contribution in [3.63, 3.8) is 0 Å². The van der Waals surface area contributed by atoms with Gasteiger partial charge in [-0.3, -0.25) is 0 Å². The average Bonchev–Trinajstić information content (AvgIpc) is 2.62. The Hall–Kier alpha value is -0.920. The van der Waals surface area contributed by atoms with Gasteiger partial charge in [-0.1, -0.05) is 6.92 Å². The minimum atomic E-state index is 0.787. The van der Waals surface area contributed by atoms with Gasteiger partial charge < -0.3 is 0 Å². The molecule has 0 aliphatic heterocycles. The molecule has 0 radical (unpaired) electrons. The molecule has 2 aliphatic carbocycles. The van der Waals surface area contributed by atoms with Gasteiger partial charge in [-0.2, -0.15) is 10.2 Å². The largest absolute Gasteiger partial charge is 0.159 e. The highest BCUT2D eigenvalue weighted by molar-refractivity contribution is 5.42. The van der Waals surface area contributed by atoms with E-state index in [2.05, 4.69) is 24.0 Å². The van der Waals surface area contributed by atoms with Crippen molar-refractivity contribution in [2.45, 2.75) is 38.5 Å². The molecular weight excluding hydrogens is 160 g/mol. The van der Waals surface area contributed by atoms with Gasteiger partial charge >= 0.3 is 0 Å². The van der Waals surface area contributed by atoms with E-state index in [1.54, 1.807) is 0 Å². The van der Waals surface area contributed by atoms with Crippen LogP contribution in [0.1, 0.15) is 48.4 Å². The lowest BCUT2D eigenvalue weighted by Gasteiger charge is -2.21. The molecule has 2 bridgehead atoms. The summed E-state index contributed by atoms with van der Waals surface area (Å²) in [4.78, 5) is 0. The van der Waals surface area contributed by atoms with Crippen LogP contribution in [0.2, 0.25) is 0 Å². The van der Waals surface area contributed by atoms with Crippen LogP contribution >= 0.6 is 0 Å². The third-order valence-electron chi connectivity index (χ3n) is 3.80. The van der Waals surface area contributed by atoms with E-state index in [0.29, 0.717) is 0 Å². The van der Waals surface area contributed by atoms with Gasteiger partial charge in [-0.15, -0.1) is 0 Å². The fourth-order valence-electron chi connectivity index (χ4n) is 3.22. The van der Waals surface area contributed by atoms with Crippen molar-refractivity contribution in [1.29, 1.82) is 0 Å². The monoisotopic (exact) mass is 174 g/mol. The predicted molar refractivity (Wildman–Crippen MR) is 50.6 cm³/mol. The standard InChI is InChI=1S/C11H14N2/c1-6-3-8-4-9(6)11-7(2)13-12-5-10(8)11/h5-6,8-9H,3-4H2,1-2H3. The van der Waals surface area contributed by atoms with Crippen LogP contribution in [0.5, 0.6) is 0 Å². The summed E-state index contributed by atoms with van der Waals surface area (Å²) in [5, 5.41) is 8.20. The fourth-order valence-corrected chi connectivity index (χ4v) is 3.22. The minimum Gasteiger partial charge on any atom is -0.159 e. The predicted octanol–water partition coefficient (Wildman–Crippen LogP) is 2.40. The Kier molecular flexibility index (Phi) is 1.33. The number of nitrogens with zero attached hydrogens (tertiary/aromatic N) is 2. The number of hydrogen-bond acceptors (Lipinski definition) is 2. The maximum Gasteiger partial charge on any atom is 0.0637 e. The molecule has 2 aliphatic rings. The van der Waals surface area contributed by atoms with Gasteiger partial charge in [0.05, 0.1) is 11.9 Å². The van der Waals surface area contributed by atoms with Gasteiger partial charge in [0.1, 0.15) is 0 Å². The van der Waals surface area contributed by atoms with E-state index in [9.17, 15) is 0 Å². The van der Waals surface area contributed by atoms with E-state index in [-0.39, 0.29) is 0 Å². The lowest BCUT2D eigenvalue weighted by Crippen LogP contribution is -2.10. The van der Waals surface area contributed by atoms with Crippen molar-refractivity contribution in [3.8, 4) is 0 Å². The van der Waals surface area contributed by atoms with Gasteiger partial charge in [0.2, 0.25) is 0 Å². The second kappa shape index (κ2) is 2.31. The summed E-state index contributed by atoms with van der Waals surface area (Å²) in [5.74, 6) is 2.44. The summed E-state index contributed by atoms with van der Waals surface area (Å²) in [5.41, 5.74) is 4.19. The molecule has 2 heteroatoms. The third-order valence-corrected chi connectivity index (χ3v) is 3.80. The van der Waals surface area contributed by atoms with E-state index < -0.39 is 0 Å². The van der Waals surface area contributed by atoms with Gasteiger partial charge in [0.25, 0.3) is 0 Å². The third kappa shape index (κ3) is 0.835. The first kappa shape index (κ1) is 7.48. The molecule has 0 aromatic carbocycles. The number of rotatable bonds is 0. The Bertz CT molecular complexity index is 359. The van der Waals surface area contributed by atoms with E-state index in [0.717, 1.165) is 23.4 Å². The molecule has 1 aromatic heterocycles. The molecule has 3 rings (SSSR count). The topological polar surface area (TPSA) is 25.8 Å². The molecule has 1 saturated carbocycles. The molecule has 0 saturated heterocycles. The van der Waals surface area contributed by atoms with E-state index >= 15 is 0 Å². The molecule has 0 spiro atoms. The highest BCUT2D eigenvalue weighted by Gasteiger charge is 2.42. The average molecular weight is 174 g/mol. The second-order valence-corrected chi connectivity index (χ2v) is 4.55. The van der Waals surface area contributed by atoms with Crippen LogP contribution in [0.4, 0.5) is 0 Å². The summed E-state index contributed by atoms with van der Waals surface area (Å²) in [7, 11) is 0. The van der Waals surface area contributed by atoms with Gasteiger partial charge in [0.15, 0.2) is 0 Å². The smallest absolute Gasteiger partial charge is 0.0637 e. The first-order valence-electron chi connectivity index (χ1n) is 5.09. The van der Waals surface area contributed by atoms with Crippen LogP contribution in [-0.2, 0) is 0 Å². The van der Waals surface area contributed by atoms with Crippen LogP contribution in [0.15, 0.2) is 6.20 Å². The Morgan fingerprint density at radius 1 is 1.38 bits per heavy atom. The summed E-state index contributed by atoms with van der Waals surface area (Å²) in [6.07, 6.45) is 4.70. The summed E-state index contributed by atoms with van der Waals surface area (Å²) < 4.78 is 0. The van der Waals surface area contributed by atoms with Crippen molar-refractivity contribution in [2.75, 3.05) is 0 Å². The number of hydrogen-bond donors (Lipinski definition) is 0. The van der Waals surface area contributed by atoms with Crippen LogP contribution in [0.3, 0.4) is 0 Å². The molecule has 3 unspecified atom stereocenters. The summed E-state index contributed by atoms with van der Waals surface area (Å²) in [6.45, 7) is 4.47. The van der Waals surface area contributed by atoms with Crippen molar-refractivity contribution < 1.29 is 0 Å². The van der Waals surface area contributed by atoms with E-state index in [1.165, 1.54) is 24.0 Å². The zero-order valence-corrected chi connectivity index (χ0v) is 8.12. The molecule has 0 amide bonds. The summed E-state index contributed by atoms with van der Waals surface area (Å²) >= 11 is 0. The number of aryl methyl sites for hydroxylation is 1. The Morgan fingerprint density at radius 2 is 2.23 bits per heavy atom. The molecule has 0 N–H and O–H groups in total. The highest BCUT2D eigenvalue weighted by atomic mass is 15.1. The van der Waals surface area contributed by atoms with Crippen LogP contribution < -0.4 is 0 Å². The van der Waals surface area contributed by atoms with Gasteiger partial charge in [-0.25, -0.2) is 0 Å². The normalized spacial score (nSPS) is 35.1. The zero-order valence-electron chi connectivity index (χ0n) is 8.12. The molecule has 13 heavy (non-hydrogen) atoms. The molecule has 68 valence electrons. The Balaban J connectivity index is 2.21. The molecule has 2 nitrogen and oxygen atoms in total. The zero-order chi connectivity index (χ0) is 9.00. The van der Waals surface area contributed by atoms with Crippen molar-refractivity contribution >= 4 is 0 Å². The first-order valence-corrected chi connectivity index (χ1v) is 5.09.